The zero-order valence-corrected chi connectivity index (χ0v) is 12.7. The van der Waals surface area contributed by atoms with Gasteiger partial charge >= 0.3 is 0 Å². The van der Waals surface area contributed by atoms with E-state index in [4.69, 9.17) is 5.73 Å². The van der Waals surface area contributed by atoms with Gasteiger partial charge in [0.25, 0.3) is 0 Å². The lowest BCUT2D eigenvalue weighted by Gasteiger charge is -2.34. The molecule has 1 aliphatic heterocycles. The number of piperidine rings is 1. The zero-order chi connectivity index (χ0) is 13.9. The molecule has 1 aromatic rings. The fourth-order valence-corrected chi connectivity index (χ4v) is 2.89. The molecule has 1 aliphatic rings. The van der Waals surface area contributed by atoms with Crippen molar-refractivity contribution in [2.75, 3.05) is 24.5 Å². The molecule has 0 amide bonds. The number of hydrogen-bond acceptors (Lipinski definition) is 2. The first kappa shape index (κ1) is 14.4. The summed E-state index contributed by atoms with van der Waals surface area (Å²) in [6.07, 6.45) is 3.77. The van der Waals surface area contributed by atoms with Crippen molar-refractivity contribution >= 4 is 5.69 Å². The minimum atomic E-state index is 0.243. The summed E-state index contributed by atoms with van der Waals surface area (Å²) in [6, 6.07) is 9.12. The fourth-order valence-electron chi connectivity index (χ4n) is 2.89. The number of rotatable bonds is 3. The van der Waals surface area contributed by atoms with Crippen molar-refractivity contribution < 1.29 is 0 Å². The Morgan fingerprint density at radius 3 is 2.16 bits per heavy atom. The van der Waals surface area contributed by atoms with E-state index >= 15 is 0 Å². The molecule has 1 heterocycles. The first-order valence-corrected chi connectivity index (χ1v) is 7.56. The van der Waals surface area contributed by atoms with E-state index in [-0.39, 0.29) is 5.41 Å². The second-order valence-electron chi connectivity index (χ2n) is 6.80. The smallest absolute Gasteiger partial charge is 0.0366 e. The van der Waals surface area contributed by atoms with Gasteiger partial charge in [-0.25, -0.2) is 0 Å². The molecule has 1 saturated heterocycles. The van der Waals surface area contributed by atoms with Gasteiger partial charge in [0.15, 0.2) is 0 Å². The van der Waals surface area contributed by atoms with Crippen LogP contribution in [0.2, 0.25) is 0 Å². The van der Waals surface area contributed by atoms with E-state index in [1.165, 1.54) is 43.6 Å². The molecule has 0 atom stereocenters. The van der Waals surface area contributed by atoms with Gasteiger partial charge < -0.3 is 10.6 Å². The van der Waals surface area contributed by atoms with E-state index in [1.807, 2.05) is 0 Å². The van der Waals surface area contributed by atoms with E-state index in [1.54, 1.807) is 0 Å². The van der Waals surface area contributed by atoms with Crippen molar-refractivity contribution in [1.82, 2.24) is 0 Å². The van der Waals surface area contributed by atoms with Crippen LogP contribution in [0.15, 0.2) is 24.3 Å². The SMILES string of the molecule is CC(C)(C)c1ccc(N2CCC(CCN)CC2)cc1. The normalized spacial score (nSPS) is 17.8. The molecular formula is C17H28N2. The second-order valence-corrected chi connectivity index (χ2v) is 6.80. The molecule has 0 radical (unpaired) electrons. The maximum atomic E-state index is 5.65. The van der Waals surface area contributed by atoms with Gasteiger partial charge in [-0.1, -0.05) is 32.9 Å². The van der Waals surface area contributed by atoms with E-state index in [9.17, 15) is 0 Å². The van der Waals surface area contributed by atoms with Crippen molar-refractivity contribution in [2.24, 2.45) is 11.7 Å². The third kappa shape index (κ3) is 3.73. The van der Waals surface area contributed by atoms with Gasteiger partial charge in [-0.05, 0) is 54.8 Å². The molecule has 0 saturated carbocycles. The van der Waals surface area contributed by atoms with Gasteiger partial charge in [-0.3, -0.25) is 0 Å². The minimum absolute atomic E-state index is 0.243. The Labute approximate surface area is 118 Å². The van der Waals surface area contributed by atoms with Crippen LogP contribution in [0.4, 0.5) is 5.69 Å². The highest BCUT2D eigenvalue weighted by molar-refractivity contribution is 5.48. The first-order chi connectivity index (χ1) is 9.00. The first-order valence-electron chi connectivity index (χ1n) is 7.56. The van der Waals surface area contributed by atoms with Crippen molar-refractivity contribution in [3.05, 3.63) is 29.8 Å². The third-order valence-electron chi connectivity index (χ3n) is 4.29. The molecule has 0 aromatic heterocycles. The zero-order valence-electron chi connectivity index (χ0n) is 12.7. The summed E-state index contributed by atoms with van der Waals surface area (Å²) in [5.41, 5.74) is 8.68. The standard InChI is InChI=1S/C17H28N2/c1-17(2,3)15-4-6-16(7-5-15)19-12-9-14(8-11-18)10-13-19/h4-7,14H,8-13,18H2,1-3H3. The number of anilines is 1. The third-order valence-corrected chi connectivity index (χ3v) is 4.29. The van der Waals surface area contributed by atoms with Crippen molar-refractivity contribution in [3.63, 3.8) is 0 Å². The number of nitrogens with two attached hydrogens (primary N) is 1. The number of nitrogens with zero attached hydrogens (tertiary/aromatic N) is 1. The van der Waals surface area contributed by atoms with Crippen LogP contribution in [0.3, 0.4) is 0 Å². The molecule has 2 nitrogen and oxygen atoms in total. The van der Waals surface area contributed by atoms with E-state index < -0.39 is 0 Å². The van der Waals surface area contributed by atoms with Crippen LogP contribution in [0.5, 0.6) is 0 Å². The highest BCUT2D eigenvalue weighted by Gasteiger charge is 2.19. The van der Waals surface area contributed by atoms with Gasteiger partial charge in [-0.2, -0.15) is 0 Å². The van der Waals surface area contributed by atoms with Gasteiger partial charge in [-0.15, -0.1) is 0 Å². The summed E-state index contributed by atoms with van der Waals surface area (Å²) in [5, 5.41) is 0. The maximum Gasteiger partial charge on any atom is 0.0366 e. The Balaban J connectivity index is 1.97. The van der Waals surface area contributed by atoms with Gasteiger partial charge in [0, 0.05) is 18.8 Å². The molecule has 2 rings (SSSR count). The summed E-state index contributed by atoms with van der Waals surface area (Å²) < 4.78 is 0. The molecule has 0 spiro atoms. The average Bonchev–Trinajstić information content (AvgIpc) is 2.39. The Morgan fingerprint density at radius 2 is 1.68 bits per heavy atom. The quantitative estimate of drug-likeness (QED) is 0.900. The van der Waals surface area contributed by atoms with E-state index in [0.717, 1.165) is 12.5 Å². The van der Waals surface area contributed by atoms with E-state index in [2.05, 4.69) is 49.9 Å². The number of hydrogen-bond donors (Lipinski definition) is 1. The average molecular weight is 260 g/mol. The number of benzene rings is 1. The summed E-state index contributed by atoms with van der Waals surface area (Å²) in [5.74, 6) is 0.843. The maximum absolute atomic E-state index is 5.65. The van der Waals surface area contributed by atoms with Crippen LogP contribution in [-0.2, 0) is 5.41 Å². The van der Waals surface area contributed by atoms with Gasteiger partial charge in [0.05, 0.1) is 0 Å². The minimum Gasteiger partial charge on any atom is -0.372 e. The Morgan fingerprint density at radius 1 is 1.11 bits per heavy atom. The second kappa shape index (κ2) is 5.96. The molecule has 106 valence electrons. The predicted molar refractivity (Wildman–Crippen MR) is 83.8 cm³/mol. The fraction of sp³-hybridized carbons (Fsp3) is 0.647. The molecule has 0 aliphatic carbocycles. The van der Waals surface area contributed by atoms with E-state index in [0.29, 0.717) is 0 Å². The molecule has 19 heavy (non-hydrogen) atoms. The van der Waals surface area contributed by atoms with Crippen molar-refractivity contribution in [3.8, 4) is 0 Å². The lowest BCUT2D eigenvalue weighted by molar-refractivity contribution is 0.386. The monoisotopic (exact) mass is 260 g/mol. The van der Waals surface area contributed by atoms with Crippen molar-refractivity contribution in [1.29, 1.82) is 0 Å². The topological polar surface area (TPSA) is 29.3 Å². The Hall–Kier alpha value is -1.02. The molecule has 0 unspecified atom stereocenters. The highest BCUT2D eigenvalue weighted by Crippen LogP contribution is 2.28. The molecular weight excluding hydrogens is 232 g/mol. The van der Waals surface area contributed by atoms with Gasteiger partial charge in [0.1, 0.15) is 0 Å². The summed E-state index contributed by atoms with van der Waals surface area (Å²) in [6.45, 7) is 9.99. The molecule has 1 aromatic carbocycles. The lowest BCUT2D eigenvalue weighted by Crippen LogP contribution is -2.34. The highest BCUT2D eigenvalue weighted by atomic mass is 15.1. The Kier molecular flexibility index (Phi) is 4.51. The van der Waals surface area contributed by atoms with Crippen LogP contribution >= 0.6 is 0 Å². The summed E-state index contributed by atoms with van der Waals surface area (Å²) >= 11 is 0. The Bertz CT molecular complexity index is 381. The van der Waals surface area contributed by atoms with Crippen LogP contribution in [0.1, 0.15) is 45.6 Å². The molecule has 2 heteroatoms. The summed E-state index contributed by atoms with van der Waals surface area (Å²) in [7, 11) is 0. The van der Waals surface area contributed by atoms with Crippen molar-refractivity contribution in [2.45, 2.75) is 45.4 Å². The van der Waals surface area contributed by atoms with Crippen LogP contribution < -0.4 is 10.6 Å². The molecule has 0 bridgehead atoms. The summed E-state index contributed by atoms with van der Waals surface area (Å²) in [4.78, 5) is 2.51. The largest absolute Gasteiger partial charge is 0.372 e. The van der Waals surface area contributed by atoms with Crippen LogP contribution in [0.25, 0.3) is 0 Å². The molecule has 2 N–H and O–H groups in total. The van der Waals surface area contributed by atoms with Crippen LogP contribution in [-0.4, -0.2) is 19.6 Å². The molecule has 1 fully saturated rings. The van der Waals surface area contributed by atoms with Crippen LogP contribution in [0, 0.1) is 5.92 Å². The lowest BCUT2D eigenvalue weighted by atomic mass is 9.87. The predicted octanol–water partition coefficient (Wildman–Crippen LogP) is 3.55. The van der Waals surface area contributed by atoms with Gasteiger partial charge in [0.2, 0.25) is 0 Å².